The van der Waals surface area contributed by atoms with Crippen LogP contribution >= 0.6 is 15.9 Å². The molecule has 3 aromatic carbocycles. The zero-order chi connectivity index (χ0) is 27.6. The third-order valence-corrected chi connectivity index (χ3v) is 9.41. The van der Waals surface area contributed by atoms with Crippen LogP contribution in [0.2, 0.25) is 0 Å². The molecule has 0 spiro atoms. The maximum absolute atomic E-state index is 13.5. The first-order valence-corrected chi connectivity index (χ1v) is 15.3. The quantitative estimate of drug-likeness (QED) is 0.219. The summed E-state index contributed by atoms with van der Waals surface area (Å²) in [6, 6.07) is 27.0. The van der Waals surface area contributed by atoms with Crippen LogP contribution in [0.3, 0.4) is 0 Å². The van der Waals surface area contributed by atoms with Crippen LogP contribution in [-0.2, 0) is 16.4 Å². The molecule has 4 aromatic rings. The fourth-order valence-electron chi connectivity index (χ4n) is 5.23. The molecule has 0 saturated heterocycles. The summed E-state index contributed by atoms with van der Waals surface area (Å²) < 4.78 is 35.5. The molecule has 39 heavy (non-hydrogen) atoms. The van der Waals surface area contributed by atoms with Crippen LogP contribution < -0.4 is 10.3 Å². The zero-order valence-corrected chi connectivity index (χ0v) is 23.9. The van der Waals surface area contributed by atoms with Gasteiger partial charge < -0.3 is 9.52 Å². The van der Waals surface area contributed by atoms with Crippen LogP contribution in [0.5, 0.6) is 5.75 Å². The number of hydrogen-bond acceptors (Lipinski definition) is 5. The van der Waals surface area contributed by atoms with Gasteiger partial charge in [0.15, 0.2) is 0 Å². The standard InChI is InChI=1S/C31H30BrNO5S/c1-2-21(17-20-9-5-3-6-10-20)28-19-27(34)30(31(35)38-28)29(22-11-7-4-8-12-22)25-18-26(25)33-39(36,37)24-15-13-23(32)14-16-24/h3-16,19,21,25-26,29,33-34H,2,17-18H2,1H3. The van der Waals surface area contributed by atoms with Crippen molar-refractivity contribution in [1.29, 1.82) is 0 Å². The molecule has 5 rings (SSSR count). The second kappa shape index (κ2) is 11.5. The number of nitrogens with one attached hydrogen (secondary N) is 1. The number of halogens is 1. The lowest BCUT2D eigenvalue weighted by Crippen LogP contribution is -2.29. The van der Waals surface area contributed by atoms with E-state index in [1.807, 2.05) is 67.6 Å². The van der Waals surface area contributed by atoms with Gasteiger partial charge in [-0.05, 0) is 60.6 Å². The first-order chi connectivity index (χ1) is 18.8. The van der Waals surface area contributed by atoms with E-state index < -0.39 is 21.6 Å². The van der Waals surface area contributed by atoms with Crippen LogP contribution in [0.25, 0.3) is 0 Å². The van der Waals surface area contributed by atoms with Crippen molar-refractivity contribution in [2.45, 2.75) is 49.0 Å². The van der Waals surface area contributed by atoms with Gasteiger partial charge in [-0.15, -0.1) is 0 Å². The lowest BCUT2D eigenvalue weighted by atomic mass is 9.86. The molecule has 8 heteroatoms. The van der Waals surface area contributed by atoms with E-state index in [4.69, 9.17) is 4.42 Å². The van der Waals surface area contributed by atoms with Crippen LogP contribution in [-0.4, -0.2) is 19.6 Å². The molecule has 0 bridgehead atoms. The van der Waals surface area contributed by atoms with Gasteiger partial charge in [0, 0.05) is 28.4 Å². The molecule has 4 unspecified atom stereocenters. The van der Waals surface area contributed by atoms with Crippen molar-refractivity contribution < 1.29 is 17.9 Å². The van der Waals surface area contributed by atoms with E-state index in [0.717, 1.165) is 22.0 Å². The van der Waals surface area contributed by atoms with Gasteiger partial charge >= 0.3 is 5.63 Å². The monoisotopic (exact) mass is 607 g/mol. The van der Waals surface area contributed by atoms with Crippen LogP contribution in [0.15, 0.2) is 110 Å². The molecule has 202 valence electrons. The van der Waals surface area contributed by atoms with Crippen molar-refractivity contribution >= 4 is 26.0 Å². The smallest absolute Gasteiger partial charge is 0.343 e. The predicted molar refractivity (Wildman–Crippen MR) is 154 cm³/mol. The molecule has 1 fully saturated rings. The van der Waals surface area contributed by atoms with Crippen molar-refractivity contribution in [2.24, 2.45) is 5.92 Å². The minimum absolute atomic E-state index is 0.0679. The Morgan fingerprint density at radius 1 is 1.00 bits per heavy atom. The number of aromatic hydroxyl groups is 1. The summed E-state index contributed by atoms with van der Waals surface area (Å²) in [5, 5.41) is 11.2. The molecule has 1 aliphatic rings. The summed E-state index contributed by atoms with van der Waals surface area (Å²) in [7, 11) is -3.75. The Labute approximate surface area is 236 Å². The van der Waals surface area contributed by atoms with E-state index in [2.05, 4.69) is 20.7 Å². The van der Waals surface area contributed by atoms with E-state index in [9.17, 15) is 18.3 Å². The Morgan fingerprint density at radius 2 is 1.64 bits per heavy atom. The molecular weight excluding hydrogens is 578 g/mol. The summed E-state index contributed by atoms with van der Waals surface area (Å²) in [5.74, 6) is -0.487. The van der Waals surface area contributed by atoms with Crippen molar-refractivity contribution in [3.8, 4) is 5.75 Å². The largest absolute Gasteiger partial charge is 0.507 e. The fourth-order valence-corrected chi connectivity index (χ4v) is 6.79. The highest BCUT2D eigenvalue weighted by atomic mass is 79.9. The highest BCUT2D eigenvalue weighted by Gasteiger charge is 2.48. The lowest BCUT2D eigenvalue weighted by Gasteiger charge is -2.20. The molecular formula is C31H30BrNO5S. The minimum atomic E-state index is -3.75. The lowest BCUT2D eigenvalue weighted by molar-refractivity contribution is 0.379. The van der Waals surface area contributed by atoms with Crippen molar-refractivity contribution in [3.63, 3.8) is 0 Å². The number of sulfonamides is 1. The first kappa shape index (κ1) is 27.4. The highest BCUT2D eigenvalue weighted by molar-refractivity contribution is 9.10. The summed E-state index contributed by atoms with van der Waals surface area (Å²) in [5.41, 5.74) is 1.51. The molecule has 4 atom stereocenters. The van der Waals surface area contributed by atoms with Gasteiger partial charge in [0.25, 0.3) is 0 Å². The Balaban J connectivity index is 1.45. The fraction of sp³-hybridized carbons (Fsp3) is 0.258. The molecule has 0 amide bonds. The topological polar surface area (TPSA) is 96.6 Å². The molecule has 0 aliphatic heterocycles. The van der Waals surface area contributed by atoms with Gasteiger partial charge in [-0.3, -0.25) is 0 Å². The summed E-state index contributed by atoms with van der Waals surface area (Å²) in [6.45, 7) is 2.03. The third kappa shape index (κ3) is 6.19. The predicted octanol–water partition coefficient (Wildman–Crippen LogP) is 6.34. The Morgan fingerprint density at radius 3 is 2.26 bits per heavy atom. The van der Waals surface area contributed by atoms with Crippen molar-refractivity contribution in [1.82, 2.24) is 4.72 Å². The second-order valence-electron chi connectivity index (χ2n) is 10.00. The third-order valence-electron chi connectivity index (χ3n) is 7.37. The normalized spacial score (nSPS) is 18.4. The summed E-state index contributed by atoms with van der Waals surface area (Å²) in [6.07, 6.45) is 1.95. The SMILES string of the molecule is CCC(Cc1ccccc1)c1cc(O)c(C(c2ccccc2)C2CC2NS(=O)(=O)c2ccc(Br)cc2)c(=O)o1. The van der Waals surface area contributed by atoms with Gasteiger partial charge in [-0.2, -0.15) is 0 Å². The maximum Gasteiger partial charge on any atom is 0.343 e. The Hall–Kier alpha value is -3.20. The highest BCUT2D eigenvalue weighted by Crippen LogP contribution is 2.48. The molecule has 0 radical (unpaired) electrons. The van der Waals surface area contributed by atoms with Gasteiger partial charge in [-0.1, -0.05) is 83.5 Å². The number of benzene rings is 3. The van der Waals surface area contributed by atoms with Gasteiger partial charge in [-0.25, -0.2) is 17.9 Å². The number of rotatable bonds is 10. The van der Waals surface area contributed by atoms with E-state index in [-0.39, 0.29) is 34.1 Å². The summed E-state index contributed by atoms with van der Waals surface area (Å²) in [4.78, 5) is 13.6. The Kier molecular flexibility index (Phi) is 8.07. The van der Waals surface area contributed by atoms with E-state index in [1.165, 1.54) is 12.1 Å². The molecule has 1 aliphatic carbocycles. The molecule has 1 aromatic heterocycles. The van der Waals surface area contributed by atoms with E-state index in [1.54, 1.807) is 18.2 Å². The van der Waals surface area contributed by atoms with Crippen molar-refractivity contribution in [3.05, 3.63) is 128 Å². The second-order valence-corrected chi connectivity index (χ2v) is 12.6. The van der Waals surface area contributed by atoms with Gasteiger partial charge in [0.05, 0.1) is 10.5 Å². The van der Waals surface area contributed by atoms with Crippen molar-refractivity contribution in [2.75, 3.05) is 0 Å². The summed E-state index contributed by atoms with van der Waals surface area (Å²) >= 11 is 3.33. The molecule has 6 nitrogen and oxygen atoms in total. The Bertz CT molecular complexity index is 1590. The maximum atomic E-state index is 13.5. The van der Waals surface area contributed by atoms with Gasteiger partial charge in [0.2, 0.25) is 10.0 Å². The number of hydrogen-bond donors (Lipinski definition) is 2. The zero-order valence-electron chi connectivity index (χ0n) is 21.5. The van der Waals surface area contributed by atoms with E-state index >= 15 is 0 Å². The molecule has 1 heterocycles. The van der Waals surface area contributed by atoms with Crippen LogP contribution in [0.4, 0.5) is 0 Å². The average Bonchev–Trinajstić information content (AvgIpc) is 3.68. The average molecular weight is 609 g/mol. The minimum Gasteiger partial charge on any atom is -0.507 e. The van der Waals surface area contributed by atoms with E-state index in [0.29, 0.717) is 18.6 Å². The van der Waals surface area contributed by atoms with Gasteiger partial charge in [0.1, 0.15) is 11.5 Å². The van der Waals surface area contributed by atoms with Crippen LogP contribution in [0, 0.1) is 5.92 Å². The molecule has 2 N–H and O–H groups in total. The first-order valence-electron chi connectivity index (χ1n) is 13.0. The van der Waals surface area contributed by atoms with Crippen LogP contribution in [0.1, 0.15) is 54.1 Å². The molecule has 1 saturated carbocycles.